The molecule has 0 aromatic heterocycles. The average molecular weight is 313 g/mol. The largest absolute Gasteiger partial charge is 0.493 e. The van der Waals surface area contributed by atoms with Crippen LogP contribution >= 0.6 is 15.9 Å². The molecular weight excluding hydrogens is 292 g/mol. The summed E-state index contributed by atoms with van der Waals surface area (Å²) in [5.41, 5.74) is 1.04. The fraction of sp³-hybridized carbons (Fsp3) is 0.600. The van der Waals surface area contributed by atoms with Gasteiger partial charge in [0.05, 0.1) is 11.9 Å². The molecule has 3 heteroatoms. The molecule has 1 heterocycles. The van der Waals surface area contributed by atoms with E-state index in [4.69, 9.17) is 9.47 Å². The van der Waals surface area contributed by atoms with E-state index in [1.165, 1.54) is 12.0 Å². The molecule has 1 aliphatic heterocycles. The van der Waals surface area contributed by atoms with Crippen molar-refractivity contribution in [3.05, 3.63) is 23.8 Å². The second-order valence-corrected chi connectivity index (χ2v) is 6.37. The van der Waals surface area contributed by atoms with Gasteiger partial charge in [-0.2, -0.15) is 0 Å². The van der Waals surface area contributed by atoms with Gasteiger partial charge in [0.2, 0.25) is 0 Å². The third kappa shape index (κ3) is 2.25. The van der Waals surface area contributed by atoms with Crippen molar-refractivity contribution in [2.24, 2.45) is 0 Å². The Morgan fingerprint density at radius 1 is 1.39 bits per heavy atom. The number of alkyl halides is 1. The van der Waals surface area contributed by atoms with Crippen molar-refractivity contribution in [3.8, 4) is 11.5 Å². The van der Waals surface area contributed by atoms with E-state index in [0.717, 1.165) is 17.9 Å². The molecule has 1 aromatic carbocycles. The Labute approximate surface area is 118 Å². The summed E-state index contributed by atoms with van der Waals surface area (Å²) in [7, 11) is 1.70. The number of hydrogen-bond donors (Lipinski definition) is 0. The van der Waals surface area contributed by atoms with Crippen LogP contribution in [0.2, 0.25) is 0 Å². The first kappa shape index (κ1) is 13.7. The zero-order valence-corrected chi connectivity index (χ0v) is 13.1. The van der Waals surface area contributed by atoms with E-state index in [1.54, 1.807) is 7.11 Å². The minimum Gasteiger partial charge on any atom is -0.493 e. The molecule has 0 spiro atoms. The lowest BCUT2D eigenvalue weighted by Gasteiger charge is -2.42. The van der Waals surface area contributed by atoms with E-state index >= 15 is 0 Å². The Balaban J connectivity index is 2.51. The van der Waals surface area contributed by atoms with Gasteiger partial charge in [0, 0.05) is 11.5 Å². The van der Waals surface area contributed by atoms with Gasteiger partial charge in [-0.25, -0.2) is 0 Å². The molecule has 18 heavy (non-hydrogen) atoms. The number of methoxy groups -OCH3 is 1. The van der Waals surface area contributed by atoms with Gasteiger partial charge in [0.25, 0.3) is 0 Å². The van der Waals surface area contributed by atoms with Crippen LogP contribution in [0.4, 0.5) is 0 Å². The zero-order chi connectivity index (χ0) is 13.3. The standard InChI is InChI=1S/C15H21BrO2/c1-5-7-11-10-8-6-9-12(17-4)13(10)18-15(2,3)14(11)16/h6,8-9,11,14H,5,7H2,1-4H3. The highest BCUT2D eigenvalue weighted by Crippen LogP contribution is 2.49. The van der Waals surface area contributed by atoms with E-state index in [0.29, 0.717) is 10.7 Å². The number of para-hydroxylation sites is 1. The predicted molar refractivity (Wildman–Crippen MR) is 78.1 cm³/mol. The SMILES string of the molecule is CCCC1c2cccc(OC)c2OC(C)(C)C1Br. The maximum Gasteiger partial charge on any atom is 0.165 e. The summed E-state index contributed by atoms with van der Waals surface area (Å²) in [6.45, 7) is 6.48. The van der Waals surface area contributed by atoms with Crippen molar-refractivity contribution >= 4 is 15.9 Å². The van der Waals surface area contributed by atoms with E-state index in [9.17, 15) is 0 Å². The van der Waals surface area contributed by atoms with Crippen molar-refractivity contribution in [1.82, 2.24) is 0 Å². The fourth-order valence-corrected chi connectivity index (χ4v) is 3.31. The molecule has 2 unspecified atom stereocenters. The van der Waals surface area contributed by atoms with Gasteiger partial charge in [-0.1, -0.05) is 41.4 Å². The summed E-state index contributed by atoms with van der Waals surface area (Å²) in [5.74, 6) is 2.23. The van der Waals surface area contributed by atoms with Gasteiger partial charge in [-0.3, -0.25) is 0 Å². The molecule has 2 rings (SSSR count). The number of ether oxygens (including phenoxy) is 2. The van der Waals surface area contributed by atoms with Crippen LogP contribution in [0.3, 0.4) is 0 Å². The highest BCUT2D eigenvalue weighted by Gasteiger charge is 2.42. The Morgan fingerprint density at radius 3 is 2.72 bits per heavy atom. The predicted octanol–water partition coefficient (Wildman–Crippen LogP) is 4.51. The van der Waals surface area contributed by atoms with Crippen LogP contribution in [-0.2, 0) is 0 Å². The second kappa shape index (κ2) is 5.12. The zero-order valence-electron chi connectivity index (χ0n) is 11.5. The minimum absolute atomic E-state index is 0.221. The molecule has 0 fully saturated rings. The van der Waals surface area contributed by atoms with Gasteiger partial charge in [0.15, 0.2) is 11.5 Å². The third-order valence-corrected chi connectivity index (χ3v) is 5.35. The Bertz CT molecular complexity index is 429. The molecular formula is C15H21BrO2. The summed E-state index contributed by atoms with van der Waals surface area (Å²) in [6, 6.07) is 6.16. The molecule has 1 aliphatic rings. The van der Waals surface area contributed by atoms with Crippen molar-refractivity contribution in [1.29, 1.82) is 0 Å². The highest BCUT2D eigenvalue weighted by molar-refractivity contribution is 9.09. The maximum absolute atomic E-state index is 6.16. The van der Waals surface area contributed by atoms with Crippen molar-refractivity contribution in [3.63, 3.8) is 0 Å². The lowest BCUT2D eigenvalue weighted by Crippen LogP contribution is -2.45. The molecule has 0 amide bonds. The minimum atomic E-state index is -0.221. The highest BCUT2D eigenvalue weighted by atomic mass is 79.9. The van der Waals surface area contributed by atoms with E-state index in [1.807, 2.05) is 12.1 Å². The van der Waals surface area contributed by atoms with Crippen LogP contribution in [0.15, 0.2) is 18.2 Å². The molecule has 1 aromatic rings. The quantitative estimate of drug-likeness (QED) is 0.764. The number of benzene rings is 1. The fourth-order valence-electron chi connectivity index (χ4n) is 2.67. The number of fused-ring (bicyclic) bond motifs is 1. The first-order valence-corrected chi connectivity index (χ1v) is 7.42. The van der Waals surface area contributed by atoms with Crippen LogP contribution in [-0.4, -0.2) is 17.5 Å². The van der Waals surface area contributed by atoms with Crippen LogP contribution in [0.25, 0.3) is 0 Å². The molecule has 0 radical (unpaired) electrons. The van der Waals surface area contributed by atoms with Crippen LogP contribution in [0, 0.1) is 0 Å². The topological polar surface area (TPSA) is 18.5 Å². The normalized spacial score (nSPS) is 25.2. The van der Waals surface area contributed by atoms with Crippen LogP contribution in [0.1, 0.15) is 45.1 Å². The molecule has 0 bridgehead atoms. The molecule has 0 saturated heterocycles. The molecule has 0 N–H and O–H groups in total. The number of rotatable bonds is 3. The maximum atomic E-state index is 6.16. The molecule has 2 atom stereocenters. The molecule has 0 saturated carbocycles. The lowest BCUT2D eigenvalue weighted by molar-refractivity contribution is 0.0759. The van der Waals surface area contributed by atoms with Crippen LogP contribution < -0.4 is 9.47 Å². The van der Waals surface area contributed by atoms with Crippen molar-refractivity contribution < 1.29 is 9.47 Å². The smallest absolute Gasteiger partial charge is 0.165 e. The Hall–Kier alpha value is -0.700. The number of hydrogen-bond acceptors (Lipinski definition) is 2. The average Bonchev–Trinajstić information content (AvgIpc) is 2.34. The summed E-state index contributed by atoms with van der Waals surface area (Å²) < 4.78 is 11.6. The number of halogens is 1. The van der Waals surface area contributed by atoms with Gasteiger partial charge >= 0.3 is 0 Å². The van der Waals surface area contributed by atoms with E-state index < -0.39 is 0 Å². The summed E-state index contributed by atoms with van der Waals surface area (Å²) in [6.07, 6.45) is 2.32. The Kier molecular flexibility index (Phi) is 3.90. The molecule has 0 aliphatic carbocycles. The first-order valence-electron chi connectivity index (χ1n) is 6.51. The summed E-state index contributed by atoms with van der Waals surface area (Å²) in [5, 5.41) is 0. The monoisotopic (exact) mass is 312 g/mol. The first-order chi connectivity index (χ1) is 8.51. The van der Waals surface area contributed by atoms with Gasteiger partial charge in [-0.15, -0.1) is 0 Å². The van der Waals surface area contributed by atoms with Gasteiger partial charge in [0.1, 0.15) is 5.60 Å². The second-order valence-electron chi connectivity index (χ2n) is 5.38. The lowest BCUT2D eigenvalue weighted by atomic mass is 9.81. The van der Waals surface area contributed by atoms with Crippen molar-refractivity contribution in [2.45, 2.75) is 50.0 Å². The van der Waals surface area contributed by atoms with Crippen molar-refractivity contribution in [2.75, 3.05) is 7.11 Å². The van der Waals surface area contributed by atoms with Gasteiger partial charge < -0.3 is 9.47 Å². The van der Waals surface area contributed by atoms with E-state index in [-0.39, 0.29) is 5.60 Å². The molecule has 2 nitrogen and oxygen atoms in total. The summed E-state index contributed by atoms with van der Waals surface area (Å²) in [4.78, 5) is 0.324. The van der Waals surface area contributed by atoms with Crippen LogP contribution in [0.5, 0.6) is 11.5 Å². The van der Waals surface area contributed by atoms with Gasteiger partial charge in [-0.05, 0) is 26.3 Å². The Morgan fingerprint density at radius 2 is 2.11 bits per heavy atom. The summed E-state index contributed by atoms with van der Waals surface area (Å²) >= 11 is 3.83. The van der Waals surface area contributed by atoms with E-state index in [2.05, 4.69) is 42.8 Å². The molecule has 100 valence electrons. The third-order valence-electron chi connectivity index (χ3n) is 3.61.